The van der Waals surface area contributed by atoms with Crippen LogP contribution in [0.4, 0.5) is 17.1 Å². The largest absolute Gasteiger partial charge is 0.343 e. The van der Waals surface area contributed by atoms with Gasteiger partial charge in [-0.15, -0.1) is 0 Å². The predicted molar refractivity (Wildman–Crippen MR) is 109 cm³/mol. The summed E-state index contributed by atoms with van der Waals surface area (Å²) in [6.45, 7) is 5.71. The molecule has 1 fully saturated rings. The molecule has 1 aliphatic rings. The highest BCUT2D eigenvalue weighted by atomic mass is 32.2. The number of hydrogen-bond donors (Lipinski definition) is 1. The lowest BCUT2D eigenvalue weighted by Crippen LogP contribution is -2.46. The summed E-state index contributed by atoms with van der Waals surface area (Å²) in [5.41, 5.74) is 3.09. The Hall–Kier alpha value is -2.49. The number of anilines is 2. The van der Waals surface area contributed by atoms with E-state index in [2.05, 4.69) is 5.32 Å². The molecule has 0 aromatic heterocycles. The molecule has 9 heteroatoms. The van der Waals surface area contributed by atoms with Gasteiger partial charge in [0.25, 0.3) is 5.69 Å². The van der Waals surface area contributed by atoms with Crippen LogP contribution >= 0.6 is 0 Å². The number of sulfonamides is 1. The summed E-state index contributed by atoms with van der Waals surface area (Å²) in [7, 11) is -2.10. The van der Waals surface area contributed by atoms with E-state index in [0.29, 0.717) is 31.9 Å². The Kier molecular flexibility index (Phi) is 5.69. The minimum atomic E-state index is -3.87. The molecule has 0 saturated carbocycles. The lowest BCUT2D eigenvalue weighted by atomic mass is 10.1. The minimum Gasteiger partial charge on any atom is -0.343 e. The second-order valence-electron chi connectivity index (χ2n) is 6.97. The number of piperazine rings is 1. The second-order valence-corrected chi connectivity index (χ2v) is 8.87. The van der Waals surface area contributed by atoms with Crippen molar-refractivity contribution in [2.75, 3.05) is 38.1 Å². The van der Waals surface area contributed by atoms with Gasteiger partial charge in [0.1, 0.15) is 4.90 Å². The van der Waals surface area contributed by atoms with E-state index >= 15 is 0 Å². The third kappa shape index (κ3) is 4.01. The van der Waals surface area contributed by atoms with Gasteiger partial charge in [0.2, 0.25) is 10.0 Å². The van der Waals surface area contributed by atoms with Gasteiger partial charge in [-0.1, -0.05) is 6.07 Å². The van der Waals surface area contributed by atoms with Crippen molar-refractivity contribution >= 4 is 27.1 Å². The summed E-state index contributed by atoms with van der Waals surface area (Å²) < 4.78 is 28.0. The van der Waals surface area contributed by atoms with E-state index in [1.165, 1.54) is 16.4 Å². The van der Waals surface area contributed by atoms with E-state index in [1.54, 1.807) is 11.9 Å². The van der Waals surface area contributed by atoms with Crippen LogP contribution in [0.5, 0.6) is 0 Å². The van der Waals surface area contributed by atoms with E-state index in [4.69, 9.17) is 0 Å². The summed E-state index contributed by atoms with van der Waals surface area (Å²) >= 11 is 0. The normalized spacial score (nSPS) is 15.4. The van der Waals surface area contributed by atoms with Gasteiger partial charge in [0.05, 0.1) is 10.6 Å². The quantitative estimate of drug-likeness (QED) is 0.608. The molecule has 2 aromatic carbocycles. The number of non-ortho nitro benzene ring substituents is 1. The van der Waals surface area contributed by atoms with Crippen LogP contribution in [0.25, 0.3) is 0 Å². The van der Waals surface area contributed by atoms with Crippen LogP contribution in [-0.2, 0) is 10.0 Å². The Morgan fingerprint density at radius 2 is 1.68 bits per heavy atom. The van der Waals surface area contributed by atoms with Gasteiger partial charge in [0, 0.05) is 51.0 Å². The van der Waals surface area contributed by atoms with Crippen molar-refractivity contribution in [1.29, 1.82) is 0 Å². The fourth-order valence-electron chi connectivity index (χ4n) is 3.41. The van der Waals surface area contributed by atoms with Crippen molar-refractivity contribution in [3.8, 4) is 0 Å². The van der Waals surface area contributed by atoms with Crippen molar-refractivity contribution < 1.29 is 13.3 Å². The first kappa shape index (κ1) is 20.2. The Morgan fingerprint density at radius 1 is 1.07 bits per heavy atom. The van der Waals surface area contributed by atoms with Crippen molar-refractivity contribution in [3.63, 3.8) is 0 Å². The fourth-order valence-corrected chi connectivity index (χ4v) is 5.09. The molecule has 3 rings (SSSR count). The monoisotopic (exact) mass is 404 g/mol. The molecule has 1 aliphatic heterocycles. The molecule has 1 N–H and O–H groups in total. The lowest BCUT2D eigenvalue weighted by Gasteiger charge is -2.29. The molecular weight excluding hydrogens is 380 g/mol. The first-order chi connectivity index (χ1) is 13.2. The molecule has 2 aromatic rings. The molecule has 1 saturated heterocycles. The smallest absolute Gasteiger partial charge is 0.270 e. The van der Waals surface area contributed by atoms with E-state index in [9.17, 15) is 18.5 Å². The SMILES string of the molecule is Cc1cc(C)cc(N(C)c2ccc([N+](=O)[O-])cc2S(=O)(=O)N2CCNCC2)c1. The molecule has 150 valence electrons. The maximum atomic E-state index is 13.3. The molecule has 0 radical (unpaired) electrons. The summed E-state index contributed by atoms with van der Waals surface area (Å²) in [5.74, 6) is 0. The van der Waals surface area contributed by atoms with E-state index in [0.717, 1.165) is 22.9 Å². The average Bonchev–Trinajstić information content (AvgIpc) is 2.66. The molecule has 0 atom stereocenters. The summed E-state index contributed by atoms with van der Waals surface area (Å²) in [4.78, 5) is 12.4. The van der Waals surface area contributed by atoms with Crippen molar-refractivity contribution in [2.24, 2.45) is 0 Å². The number of aryl methyl sites for hydroxylation is 2. The number of rotatable bonds is 5. The molecule has 28 heavy (non-hydrogen) atoms. The van der Waals surface area contributed by atoms with Crippen molar-refractivity contribution in [1.82, 2.24) is 9.62 Å². The Balaban J connectivity index is 2.14. The van der Waals surface area contributed by atoms with Gasteiger partial charge in [-0.2, -0.15) is 4.31 Å². The van der Waals surface area contributed by atoms with E-state index in [1.807, 2.05) is 32.0 Å². The standard InChI is InChI=1S/C19H24N4O4S/c1-14-10-15(2)12-17(11-14)21(3)18-5-4-16(23(24)25)13-19(18)28(26,27)22-8-6-20-7-9-22/h4-5,10-13,20H,6-9H2,1-3H3. The topological polar surface area (TPSA) is 95.8 Å². The van der Waals surface area contributed by atoms with Gasteiger partial charge >= 0.3 is 0 Å². The maximum absolute atomic E-state index is 13.3. The Morgan fingerprint density at radius 3 is 2.25 bits per heavy atom. The van der Waals surface area contributed by atoms with E-state index < -0.39 is 14.9 Å². The Labute approximate surface area is 165 Å². The number of hydrogen-bond acceptors (Lipinski definition) is 6. The number of benzene rings is 2. The molecule has 0 amide bonds. The number of nitrogens with zero attached hydrogens (tertiary/aromatic N) is 3. The molecule has 8 nitrogen and oxygen atoms in total. The zero-order valence-electron chi connectivity index (χ0n) is 16.2. The van der Waals surface area contributed by atoms with Crippen LogP contribution in [0.1, 0.15) is 11.1 Å². The van der Waals surface area contributed by atoms with Crippen LogP contribution in [0.2, 0.25) is 0 Å². The number of nitro benzene ring substituents is 1. The van der Waals surface area contributed by atoms with Gasteiger partial charge in [-0.05, 0) is 43.2 Å². The van der Waals surface area contributed by atoms with E-state index in [-0.39, 0.29) is 10.6 Å². The maximum Gasteiger partial charge on any atom is 0.270 e. The molecule has 0 spiro atoms. The van der Waals surface area contributed by atoms with Crippen LogP contribution in [0.15, 0.2) is 41.3 Å². The van der Waals surface area contributed by atoms with Crippen molar-refractivity contribution in [3.05, 3.63) is 57.6 Å². The van der Waals surface area contributed by atoms with Crippen LogP contribution in [-0.4, -0.2) is 50.9 Å². The highest BCUT2D eigenvalue weighted by Gasteiger charge is 2.31. The molecule has 0 unspecified atom stereocenters. The average molecular weight is 404 g/mol. The number of nitrogens with one attached hydrogen (secondary N) is 1. The van der Waals surface area contributed by atoms with Crippen LogP contribution < -0.4 is 10.2 Å². The van der Waals surface area contributed by atoms with Crippen LogP contribution in [0.3, 0.4) is 0 Å². The lowest BCUT2D eigenvalue weighted by molar-refractivity contribution is -0.385. The first-order valence-corrected chi connectivity index (χ1v) is 10.5. The third-order valence-electron chi connectivity index (χ3n) is 4.80. The highest BCUT2D eigenvalue weighted by Crippen LogP contribution is 2.35. The molecule has 0 bridgehead atoms. The first-order valence-electron chi connectivity index (χ1n) is 9.01. The zero-order chi connectivity index (χ0) is 20.5. The molecule has 1 heterocycles. The summed E-state index contributed by atoms with van der Waals surface area (Å²) in [5, 5.41) is 14.4. The molecular formula is C19H24N4O4S. The second kappa shape index (κ2) is 7.86. The van der Waals surface area contributed by atoms with Gasteiger partial charge in [-0.3, -0.25) is 10.1 Å². The minimum absolute atomic E-state index is 0.0507. The van der Waals surface area contributed by atoms with Crippen LogP contribution in [0, 0.1) is 24.0 Å². The third-order valence-corrected chi connectivity index (χ3v) is 6.73. The summed E-state index contributed by atoms with van der Waals surface area (Å²) in [6, 6.07) is 9.94. The van der Waals surface area contributed by atoms with Crippen molar-refractivity contribution in [2.45, 2.75) is 18.7 Å². The summed E-state index contributed by atoms with van der Waals surface area (Å²) in [6.07, 6.45) is 0. The van der Waals surface area contributed by atoms with Gasteiger partial charge in [0.15, 0.2) is 0 Å². The van der Waals surface area contributed by atoms with Gasteiger partial charge < -0.3 is 10.2 Å². The Bertz CT molecular complexity index is 981. The zero-order valence-corrected chi connectivity index (χ0v) is 17.0. The number of nitro groups is 1. The molecule has 0 aliphatic carbocycles. The fraction of sp³-hybridized carbons (Fsp3) is 0.368. The van der Waals surface area contributed by atoms with Gasteiger partial charge in [-0.25, -0.2) is 8.42 Å². The highest BCUT2D eigenvalue weighted by molar-refractivity contribution is 7.89. The predicted octanol–water partition coefficient (Wildman–Crippen LogP) is 2.57.